The highest BCUT2D eigenvalue weighted by Crippen LogP contribution is 2.22. The van der Waals surface area contributed by atoms with Crippen molar-refractivity contribution in [2.24, 2.45) is 5.92 Å². The number of nitro groups is 1. The minimum absolute atomic E-state index is 0.00164. The van der Waals surface area contributed by atoms with Gasteiger partial charge in [0.25, 0.3) is 5.69 Å². The second-order valence-electron chi connectivity index (χ2n) is 5.50. The van der Waals surface area contributed by atoms with Crippen molar-refractivity contribution in [3.63, 3.8) is 0 Å². The SMILES string of the molecule is CC(C)C[C@H](Nc1ccc2cc([N+](=O)[O-])ccc2n1)C(=O)O. The molecule has 0 amide bonds. The second kappa shape index (κ2) is 6.38. The molecule has 1 heterocycles. The Bertz CT molecular complexity index is 715. The van der Waals surface area contributed by atoms with Gasteiger partial charge in [-0.15, -0.1) is 0 Å². The molecule has 0 aliphatic heterocycles. The van der Waals surface area contributed by atoms with Crippen LogP contribution in [0, 0.1) is 16.0 Å². The van der Waals surface area contributed by atoms with Crippen molar-refractivity contribution in [3.05, 3.63) is 40.4 Å². The van der Waals surface area contributed by atoms with Crippen LogP contribution in [0.25, 0.3) is 10.9 Å². The fraction of sp³-hybridized carbons (Fsp3) is 0.333. The number of hydrogen-bond acceptors (Lipinski definition) is 5. The van der Waals surface area contributed by atoms with Gasteiger partial charge in [-0.3, -0.25) is 10.1 Å². The maximum absolute atomic E-state index is 11.3. The van der Waals surface area contributed by atoms with E-state index in [4.69, 9.17) is 0 Å². The summed E-state index contributed by atoms with van der Waals surface area (Å²) in [5.74, 6) is -0.259. The van der Waals surface area contributed by atoms with Crippen LogP contribution in [0.1, 0.15) is 20.3 Å². The molecule has 2 rings (SSSR count). The zero-order valence-corrected chi connectivity index (χ0v) is 12.3. The van der Waals surface area contributed by atoms with Gasteiger partial charge in [0.2, 0.25) is 0 Å². The molecule has 116 valence electrons. The lowest BCUT2D eigenvalue weighted by molar-refractivity contribution is -0.384. The predicted molar refractivity (Wildman–Crippen MR) is 82.9 cm³/mol. The number of fused-ring (bicyclic) bond motifs is 1. The first-order chi connectivity index (χ1) is 10.4. The Balaban J connectivity index is 2.27. The molecular weight excluding hydrogens is 286 g/mol. The minimum atomic E-state index is -0.931. The van der Waals surface area contributed by atoms with E-state index in [0.717, 1.165) is 0 Å². The fourth-order valence-electron chi connectivity index (χ4n) is 2.18. The maximum atomic E-state index is 11.3. The number of non-ortho nitro benzene ring substituents is 1. The summed E-state index contributed by atoms with van der Waals surface area (Å²) < 4.78 is 0. The quantitative estimate of drug-likeness (QED) is 0.627. The Morgan fingerprint density at radius 1 is 1.36 bits per heavy atom. The monoisotopic (exact) mass is 303 g/mol. The third-order valence-corrected chi connectivity index (χ3v) is 3.21. The number of anilines is 1. The van der Waals surface area contributed by atoms with Crippen molar-refractivity contribution >= 4 is 28.4 Å². The Kier molecular flexibility index (Phi) is 4.55. The summed E-state index contributed by atoms with van der Waals surface area (Å²) in [5, 5.41) is 23.5. The van der Waals surface area contributed by atoms with Gasteiger partial charge in [-0.1, -0.05) is 13.8 Å². The van der Waals surface area contributed by atoms with Crippen molar-refractivity contribution in [1.29, 1.82) is 0 Å². The first-order valence-corrected chi connectivity index (χ1v) is 6.91. The van der Waals surface area contributed by atoms with Crippen LogP contribution >= 0.6 is 0 Å². The van der Waals surface area contributed by atoms with Gasteiger partial charge < -0.3 is 10.4 Å². The number of hydrogen-bond donors (Lipinski definition) is 2. The van der Waals surface area contributed by atoms with Crippen LogP contribution in [0.5, 0.6) is 0 Å². The number of nitrogens with zero attached hydrogens (tertiary/aromatic N) is 2. The molecule has 1 aromatic carbocycles. The molecule has 1 atom stereocenters. The number of rotatable bonds is 6. The molecule has 0 unspecified atom stereocenters. The Morgan fingerprint density at radius 3 is 2.68 bits per heavy atom. The lowest BCUT2D eigenvalue weighted by atomic mass is 10.0. The summed E-state index contributed by atoms with van der Waals surface area (Å²) in [4.78, 5) is 25.8. The van der Waals surface area contributed by atoms with Crippen LogP contribution in [0.3, 0.4) is 0 Å². The topological polar surface area (TPSA) is 105 Å². The summed E-state index contributed by atoms with van der Waals surface area (Å²) in [6, 6.07) is 6.96. The number of pyridine rings is 1. The minimum Gasteiger partial charge on any atom is -0.480 e. The van der Waals surface area contributed by atoms with Crippen molar-refractivity contribution in [2.75, 3.05) is 5.32 Å². The Morgan fingerprint density at radius 2 is 2.09 bits per heavy atom. The van der Waals surface area contributed by atoms with Crippen LogP contribution < -0.4 is 5.32 Å². The van der Waals surface area contributed by atoms with Gasteiger partial charge >= 0.3 is 5.97 Å². The van der Waals surface area contributed by atoms with Crippen molar-refractivity contribution in [1.82, 2.24) is 4.98 Å². The summed E-state index contributed by atoms with van der Waals surface area (Å²) in [5.41, 5.74) is 0.572. The number of aliphatic carboxylic acids is 1. The number of carbonyl (C=O) groups is 1. The molecule has 0 spiro atoms. The van der Waals surface area contributed by atoms with E-state index in [1.54, 1.807) is 18.2 Å². The highest BCUT2D eigenvalue weighted by atomic mass is 16.6. The zero-order valence-electron chi connectivity index (χ0n) is 12.3. The van der Waals surface area contributed by atoms with Crippen LogP contribution in [0.15, 0.2) is 30.3 Å². The molecule has 0 saturated carbocycles. The molecule has 0 bridgehead atoms. The summed E-state index contributed by atoms with van der Waals surface area (Å²) in [6.07, 6.45) is 0.481. The van der Waals surface area contributed by atoms with E-state index in [-0.39, 0.29) is 11.6 Å². The van der Waals surface area contributed by atoms with Crippen LogP contribution in [0.4, 0.5) is 11.5 Å². The van der Waals surface area contributed by atoms with E-state index >= 15 is 0 Å². The number of nitro benzene ring substituents is 1. The van der Waals surface area contributed by atoms with Gasteiger partial charge in [0.15, 0.2) is 0 Å². The van der Waals surface area contributed by atoms with Gasteiger partial charge in [-0.25, -0.2) is 9.78 Å². The number of aromatic nitrogens is 1. The van der Waals surface area contributed by atoms with E-state index < -0.39 is 16.9 Å². The Labute approximate surface area is 127 Å². The van der Waals surface area contributed by atoms with Gasteiger partial charge in [0, 0.05) is 17.5 Å². The third-order valence-electron chi connectivity index (χ3n) is 3.21. The van der Waals surface area contributed by atoms with Crippen LogP contribution in [-0.4, -0.2) is 27.0 Å². The first kappa shape index (κ1) is 15.7. The molecule has 0 fully saturated rings. The smallest absolute Gasteiger partial charge is 0.326 e. The van der Waals surface area contributed by atoms with Crippen LogP contribution in [-0.2, 0) is 4.79 Å². The molecule has 0 saturated heterocycles. The molecule has 2 aromatic rings. The molecule has 0 aliphatic rings. The van der Waals surface area contributed by atoms with E-state index in [1.165, 1.54) is 12.1 Å². The standard InChI is InChI=1S/C15H17N3O4/c1-9(2)7-13(15(19)20)17-14-6-3-10-8-11(18(21)22)4-5-12(10)16-14/h3-6,8-9,13H,7H2,1-2H3,(H,16,17)(H,19,20)/t13-/m0/s1. The second-order valence-corrected chi connectivity index (χ2v) is 5.50. The van der Waals surface area contributed by atoms with Crippen molar-refractivity contribution in [3.8, 4) is 0 Å². The maximum Gasteiger partial charge on any atom is 0.326 e. The molecule has 7 nitrogen and oxygen atoms in total. The fourth-order valence-corrected chi connectivity index (χ4v) is 2.18. The number of carboxylic acids is 1. The average Bonchev–Trinajstić information content (AvgIpc) is 2.45. The van der Waals surface area contributed by atoms with Crippen molar-refractivity contribution in [2.45, 2.75) is 26.3 Å². The molecule has 2 N–H and O–H groups in total. The first-order valence-electron chi connectivity index (χ1n) is 6.91. The summed E-state index contributed by atoms with van der Waals surface area (Å²) in [7, 11) is 0. The van der Waals surface area contributed by atoms with Gasteiger partial charge in [0.05, 0.1) is 10.4 Å². The van der Waals surface area contributed by atoms with Gasteiger partial charge in [0.1, 0.15) is 11.9 Å². The van der Waals surface area contributed by atoms with Crippen molar-refractivity contribution < 1.29 is 14.8 Å². The zero-order chi connectivity index (χ0) is 16.3. The molecular formula is C15H17N3O4. The molecule has 22 heavy (non-hydrogen) atoms. The number of carboxylic acid groups (broad SMARTS) is 1. The predicted octanol–water partition coefficient (Wildman–Crippen LogP) is 3.05. The Hall–Kier alpha value is -2.70. The molecule has 0 radical (unpaired) electrons. The number of benzene rings is 1. The van der Waals surface area contributed by atoms with E-state index in [0.29, 0.717) is 23.1 Å². The number of nitrogens with one attached hydrogen (secondary N) is 1. The van der Waals surface area contributed by atoms with Crippen LogP contribution in [0.2, 0.25) is 0 Å². The lowest BCUT2D eigenvalue weighted by Gasteiger charge is -2.17. The van der Waals surface area contributed by atoms with E-state index in [9.17, 15) is 20.0 Å². The normalized spacial score (nSPS) is 12.3. The average molecular weight is 303 g/mol. The van der Waals surface area contributed by atoms with E-state index in [2.05, 4.69) is 10.3 Å². The molecule has 0 aliphatic carbocycles. The van der Waals surface area contributed by atoms with Gasteiger partial charge in [-0.2, -0.15) is 0 Å². The molecule has 7 heteroatoms. The lowest BCUT2D eigenvalue weighted by Crippen LogP contribution is -2.31. The summed E-state index contributed by atoms with van der Waals surface area (Å²) in [6.45, 7) is 3.90. The van der Waals surface area contributed by atoms with Gasteiger partial charge in [-0.05, 0) is 30.5 Å². The third kappa shape index (κ3) is 3.69. The highest BCUT2D eigenvalue weighted by Gasteiger charge is 2.19. The van der Waals surface area contributed by atoms with E-state index in [1.807, 2.05) is 13.8 Å². The summed E-state index contributed by atoms with van der Waals surface area (Å²) >= 11 is 0. The largest absolute Gasteiger partial charge is 0.480 e. The molecule has 1 aromatic heterocycles. The highest BCUT2D eigenvalue weighted by molar-refractivity contribution is 5.83.